The highest BCUT2D eigenvalue weighted by Crippen LogP contribution is 2.18. The maximum atomic E-state index is 12.6. The van der Waals surface area contributed by atoms with E-state index in [1.165, 1.54) is 308 Å². The number of hydrogen-bond acceptors (Lipinski definition) is 4. The number of aliphatic hydroxyl groups is 3. The van der Waals surface area contributed by atoms with E-state index in [4.69, 9.17) is 0 Å². The fourth-order valence-corrected chi connectivity index (χ4v) is 10.3. The maximum absolute atomic E-state index is 12.6. The minimum atomic E-state index is -1.10. The van der Waals surface area contributed by atoms with Crippen LogP contribution in [0.2, 0.25) is 0 Å². The van der Waals surface area contributed by atoms with E-state index in [1.807, 2.05) is 6.08 Å². The van der Waals surface area contributed by atoms with E-state index in [2.05, 4.69) is 31.3 Å². The minimum absolute atomic E-state index is 0.360. The molecule has 0 fully saturated rings. The van der Waals surface area contributed by atoms with Crippen LogP contribution in [-0.2, 0) is 4.79 Å². The number of unbranched alkanes of at least 4 members (excludes halogenated alkanes) is 50. The quantitative estimate of drug-likeness (QED) is 0.0361. The molecule has 416 valence electrons. The topological polar surface area (TPSA) is 89.8 Å². The van der Waals surface area contributed by atoms with Crippen molar-refractivity contribution in [2.24, 2.45) is 0 Å². The number of aliphatic hydroxyl groups excluding tert-OH is 3. The van der Waals surface area contributed by atoms with Gasteiger partial charge < -0.3 is 20.6 Å². The first-order chi connectivity index (χ1) is 34.6. The maximum Gasteiger partial charge on any atom is 0.249 e. The van der Waals surface area contributed by atoms with Crippen LogP contribution in [0.25, 0.3) is 0 Å². The van der Waals surface area contributed by atoms with E-state index in [0.29, 0.717) is 6.42 Å². The van der Waals surface area contributed by atoms with Gasteiger partial charge >= 0.3 is 0 Å². The van der Waals surface area contributed by atoms with Crippen molar-refractivity contribution in [3.05, 3.63) is 24.3 Å². The van der Waals surface area contributed by atoms with Gasteiger partial charge in [0.2, 0.25) is 5.91 Å². The molecule has 5 nitrogen and oxygen atoms in total. The number of hydrogen-bond donors (Lipinski definition) is 4. The summed E-state index contributed by atoms with van der Waals surface area (Å²) in [5.74, 6) is -0.497. The zero-order chi connectivity index (χ0) is 50.7. The van der Waals surface area contributed by atoms with E-state index in [9.17, 15) is 20.1 Å². The molecule has 3 atom stereocenters. The number of rotatable bonds is 60. The molecule has 0 saturated carbocycles. The third kappa shape index (κ3) is 54.6. The lowest BCUT2D eigenvalue weighted by atomic mass is 10.0. The lowest BCUT2D eigenvalue weighted by Gasteiger charge is -2.21. The SMILES string of the molecule is CCCCCCCCCCCCCCCCCC/C=C/C(O)C(CO)NC(=O)C(O)CCCCCCCCCCCCCCCCCC/C=C\CCCCCCCCCCCCCCCCCCCC. The Hall–Kier alpha value is -1.17. The Balaban J connectivity index is 3.46. The highest BCUT2D eigenvalue weighted by atomic mass is 16.3. The van der Waals surface area contributed by atoms with E-state index in [1.54, 1.807) is 6.08 Å². The van der Waals surface area contributed by atoms with Crippen LogP contribution >= 0.6 is 0 Å². The molecule has 0 saturated heterocycles. The van der Waals surface area contributed by atoms with Crippen LogP contribution in [0, 0.1) is 0 Å². The average Bonchev–Trinajstić information content (AvgIpc) is 3.36. The molecule has 0 rings (SSSR count). The number of nitrogens with one attached hydrogen (secondary N) is 1. The second kappa shape index (κ2) is 60.4. The second-order valence-electron chi connectivity index (χ2n) is 22.3. The van der Waals surface area contributed by atoms with Crippen molar-refractivity contribution in [3.63, 3.8) is 0 Å². The predicted octanol–water partition coefficient (Wildman–Crippen LogP) is 20.4. The standard InChI is InChI=1S/C65H127NO4/c1-3-5-7-9-11-13-15-17-19-21-23-24-25-26-27-28-29-30-31-32-33-34-35-36-37-38-39-40-41-42-44-46-48-50-52-54-56-58-60-64(69)65(70)66-62(61-67)63(68)59-57-55-53-51-49-47-45-43-22-20-18-16-14-12-10-8-6-4-2/h32-33,57,59,62-64,67-69H,3-31,34-56,58,60-61H2,1-2H3,(H,66,70)/b33-32-,59-57+. The zero-order valence-corrected chi connectivity index (χ0v) is 47.7. The van der Waals surface area contributed by atoms with Crippen LogP contribution in [0.15, 0.2) is 24.3 Å². The lowest BCUT2D eigenvalue weighted by Crippen LogP contribution is -2.48. The van der Waals surface area contributed by atoms with Crippen molar-refractivity contribution in [2.75, 3.05) is 6.61 Å². The van der Waals surface area contributed by atoms with Crippen LogP contribution in [0.5, 0.6) is 0 Å². The molecule has 0 aromatic rings. The number of carbonyl (C=O) groups excluding carboxylic acids is 1. The Kier molecular flexibility index (Phi) is 59.4. The van der Waals surface area contributed by atoms with Crippen molar-refractivity contribution in [1.82, 2.24) is 5.32 Å². The second-order valence-corrected chi connectivity index (χ2v) is 22.3. The Morgan fingerprint density at radius 3 is 0.829 bits per heavy atom. The third-order valence-electron chi connectivity index (χ3n) is 15.3. The molecule has 0 aliphatic carbocycles. The molecule has 0 heterocycles. The van der Waals surface area contributed by atoms with Gasteiger partial charge in [-0.1, -0.05) is 340 Å². The van der Waals surface area contributed by atoms with Gasteiger partial charge in [-0.25, -0.2) is 0 Å². The highest BCUT2D eigenvalue weighted by Gasteiger charge is 2.22. The average molecular weight is 987 g/mol. The molecule has 3 unspecified atom stereocenters. The van der Waals surface area contributed by atoms with Crippen molar-refractivity contribution >= 4 is 5.91 Å². The largest absolute Gasteiger partial charge is 0.394 e. The molecular formula is C65H127NO4. The van der Waals surface area contributed by atoms with Crippen molar-refractivity contribution in [3.8, 4) is 0 Å². The Morgan fingerprint density at radius 1 is 0.343 bits per heavy atom. The predicted molar refractivity (Wildman–Crippen MR) is 310 cm³/mol. The van der Waals surface area contributed by atoms with Gasteiger partial charge in [-0.05, 0) is 44.9 Å². The summed E-state index contributed by atoms with van der Waals surface area (Å²) >= 11 is 0. The summed E-state index contributed by atoms with van der Waals surface area (Å²) in [5.41, 5.74) is 0. The van der Waals surface area contributed by atoms with E-state index < -0.39 is 24.2 Å². The first kappa shape index (κ1) is 68.8. The highest BCUT2D eigenvalue weighted by molar-refractivity contribution is 5.80. The first-order valence-electron chi connectivity index (χ1n) is 32.2. The summed E-state index contributed by atoms with van der Waals surface area (Å²) in [5, 5.41) is 33.4. The molecule has 0 radical (unpaired) electrons. The molecule has 0 aliphatic rings. The van der Waals surface area contributed by atoms with E-state index in [0.717, 1.165) is 32.1 Å². The van der Waals surface area contributed by atoms with Crippen LogP contribution in [0.4, 0.5) is 0 Å². The molecule has 0 aromatic carbocycles. The van der Waals surface area contributed by atoms with Crippen molar-refractivity contribution < 1.29 is 20.1 Å². The van der Waals surface area contributed by atoms with E-state index in [-0.39, 0.29) is 6.61 Å². The van der Waals surface area contributed by atoms with Crippen LogP contribution in [0.3, 0.4) is 0 Å². The molecule has 5 heteroatoms. The summed E-state index contributed by atoms with van der Waals surface area (Å²) in [6.07, 6.45) is 78.7. The van der Waals surface area contributed by atoms with Crippen LogP contribution in [0.1, 0.15) is 361 Å². The Labute approximate surface area is 439 Å². The summed E-state index contributed by atoms with van der Waals surface area (Å²) in [4.78, 5) is 12.6. The zero-order valence-electron chi connectivity index (χ0n) is 47.7. The Morgan fingerprint density at radius 2 is 0.571 bits per heavy atom. The summed E-state index contributed by atoms with van der Waals surface area (Å²) < 4.78 is 0. The molecule has 0 spiro atoms. The molecule has 0 bridgehead atoms. The van der Waals surface area contributed by atoms with Crippen LogP contribution < -0.4 is 5.32 Å². The van der Waals surface area contributed by atoms with Gasteiger partial charge in [0.25, 0.3) is 0 Å². The van der Waals surface area contributed by atoms with Gasteiger partial charge in [0.15, 0.2) is 0 Å². The lowest BCUT2D eigenvalue weighted by molar-refractivity contribution is -0.131. The fourth-order valence-electron chi connectivity index (χ4n) is 10.3. The first-order valence-corrected chi connectivity index (χ1v) is 32.2. The molecular weight excluding hydrogens is 859 g/mol. The fraction of sp³-hybridized carbons (Fsp3) is 0.923. The molecule has 4 N–H and O–H groups in total. The van der Waals surface area contributed by atoms with E-state index >= 15 is 0 Å². The minimum Gasteiger partial charge on any atom is -0.394 e. The molecule has 0 aliphatic heterocycles. The number of allylic oxidation sites excluding steroid dienone is 3. The monoisotopic (exact) mass is 986 g/mol. The summed E-state index contributed by atoms with van der Waals surface area (Å²) in [6, 6.07) is -0.796. The van der Waals surface area contributed by atoms with Crippen molar-refractivity contribution in [1.29, 1.82) is 0 Å². The molecule has 70 heavy (non-hydrogen) atoms. The summed E-state index contributed by atoms with van der Waals surface area (Å²) in [6.45, 7) is 4.23. The molecule has 1 amide bonds. The van der Waals surface area contributed by atoms with Crippen molar-refractivity contribution in [2.45, 2.75) is 379 Å². The number of carbonyl (C=O) groups is 1. The molecule has 0 aromatic heterocycles. The van der Waals surface area contributed by atoms with Gasteiger partial charge in [-0.3, -0.25) is 4.79 Å². The van der Waals surface area contributed by atoms with Crippen LogP contribution in [-0.4, -0.2) is 46.1 Å². The Bertz CT molecular complexity index is 1040. The van der Waals surface area contributed by atoms with Gasteiger partial charge in [-0.15, -0.1) is 0 Å². The smallest absolute Gasteiger partial charge is 0.249 e. The van der Waals surface area contributed by atoms with Gasteiger partial charge in [0, 0.05) is 0 Å². The number of amides is 1. The third-order valence-corrected chi connectivity index (χ3v) is 15.3. The van der Waals surface area contributed by atoms with Gasteiger partial charge in [-0.2, -0.15) is 0 Å². The summed E-state index contributed by atoms with van der Waals surface area (Å²) in [7, 11) is 0. The van der Waals surface area contributed by atoms with Gasteiger partial charge in [0.1, 0.15) is 6.10 Å². The normalized spacial score (nSPS) is 13.3. The van der Waals surface area contributed by atoms with Gasteiger partial charge in [0.05, 0.1) is 18.8 Å².